The SMILES string of the molecule is O=S(=O)(O)CCCNC1CC(O)C/C(=C\CO)O1. The van der Waals surface area contributed by atoms with Gasteiger partial charge >= 0.3 is 0 Å². The van der Waals surface area contributed by atoms with Crippen LogP contribution in [-0.4, -0.2) is 54.4 Å². The second-order valence-electron chi connectivity index (χ2n) is 4.15. The lowest BCUT2D eigenvalue weighted by Gasteiger charge is -2.30. The molecule has 1 aliphatic rings. The summed E-state index contributed by atoms with van der Waals surface area (Å²) in [4.78, 5) is 0. The molecule has 1 fully saturated rings. The Hall–Kier alpha value is -0.670. The molecule has 8 heteroatoms. The molecule has 0 amide bonds. The lowest BCUT2D eigenvalue weighted by atomic mass is 10.1. The molecule has 1 heterocycles. The van der Waals surface area contributed by atoms with Crippen LogP contribution in [0.4, 0.5) is 0 Å². The molecule has 0 bridgehead atoms. The zero-order chi connectivity index (χ0) is 13.6. The summed E-state index contributed by atoms with van der Waals surface area (Å²) >= 11 is 0. The molecular weight excluding hydrogens is 262 g/mol. The Bertz CT molecular complexity index is 380. The van der Waals surface area contributed by atoms with Crippen molar-refractivity contribution in [2.45, 2.75) is 31.6 Å². The molecule has 1 saturated heterocycles. The summed E-state index contributed by atoms with van der Waals surface area (Å²) in [5.41, 5.74) is 0. The van der Waals surface area contributed by atoms with E-state index >= 15 is 0 Å². The summed E-state index contributed by atoms with van der Waals surface area (Å²) < 4.78 is 35.0. The molecule has 4 N–H and O–H groups in total. The molecule has 0 aliphatic carbocycles. The highest BCUT2D eigenvalue weighted by Crippen LogP contribution is 2.20. The molecule has 0 saturated carbocycles. The van der Waals surface area contributed by atoms with Crippen LogP contribution in [0.25, 0.3) is 0 Å². The molecule has 106 valence electrons. The average molecular weight is 281 g/mol. The predicted octanol–water partition coefficient (Wildman–Crippen LogP) is -0.772. The van der Waals surface area contributed by atoms with Crippen LogP contribution in [0.15, 0.2) is 11.8 Å². The Morgan fingerprint density at radius 3 is 2.83 bits per heavy atom. The van der Waals surface area contributed by atoms with Crippen LogP contribution in [0, 0.1) is 0 Å². The van der Waals surface area contributed by atoms with Crippen LogP contribution in [0.3, 0.4) is 0 Å². The fraction of sp³-hybridized carbons (Fsp3) is 0.800. The zero-order valence-electron chi connectivity index (χ0n) is 9.95. The minimum Gasteiger partial charge on any atom is -0.480 e. The zero-order valence-corrected chi connectivity index (χ0v) is 10.8. The van der Waals surface area contributed by atoms with E-state index in [4.69, 9.17) is 14.4 Å². The summed E-state index contributed by atoms with van der Waals surface area (Å²) in [6.45, 7) is 0.196. The van der Waals surface area contributed by atoms with Crippen molar-refractivity contribution in [1.29, 1.82) is 0 Å². The molecule has 18 heavy (non-hydrogen) atoms. The van der Waals surface area contributed by atoms with Crippen LogP contribution >= 0.6 is 0 Å². The topological polar surface area (TPSA) is 116 Å². The van der Waals surface area contributed by atoms with E-state index < -0.39 is 22.4 Å². The Labute approximate surface area is 106 Å². The molecule has 0 aromatic rings. The largest absolute Gasteiger partial charge is 0.480 e. The van der Waals surface area contributed by atoms with Gasteiger partial charge in [0.05, 0.1) is 24.2 Å². The number of hydrogen-bond acceptors (Lipinski definition) is 6. The molecule has 1 aliphatic heterocycles. The van der Waals surface area contributed by atoms with Crippen LogP contribution in [-0.2, 0) is 14.9 Å². The van der Waals surface area contributed by atoms with Crippen molar-refractivity contribution < 1.29 is 27.9 Å². The number of aliphatic hydroxyl groups excluding tert-OH is 2. The second kappa shape index (κ2) is 7.05. The van der Waals surface area contributed by atoms with Crippen molar-refractivity contribution in [3.05, 3.63) is 11.8 Å². The Balaban J connectivity index is 2.31. The first-order chi connectivity index (χ1) is 8.40. The van der Waals surface area contributed by atoms with E-state index in [1.165, 1.54) is 6.08 Å². The van der Waals surface area contributed by atoms with E-state index in [2.05, 4.69) is 5.32 Å². The lowest BCUT2D eigenvalue weighted by Crippen LogP contribution is -2.39. The van der Waals surface area contributed by atoms with Gasteiger partial charge in [0.1, 0.15) is 0 Å². The molecule has 0 aromatic heterocycles. The van der Waals surface area contributed by atoms with Crippen molar-refractivity contribution in [2.75, 3.05) is 18.9 Å². The third kappa shape index (κ3) is 6.31. The third-order valence-corrected chi connectivity index (χ3v) is 3.29. The van der Waals surface area contributed by atoms with Gasteiger partial charge in [-0.3, -0.25) is 9.87 Å². The van der Waals surface area contributed by atoms with Crippen LogP contribution in [0.1, 0.15) is 19.3 Å². The maximum absolute atomic E-state index is 10.5. The standard InChI is InChI=1S/C10H19NO6S/c12-4-2-9-6-8(13)7-10(17-9)11-3-1-5-18(14,15)16/h2,8,10-13H,1,3-7H2,(H,14,15,16)/b9-2+. The first-order valence-corrected chi connectivity index (χ1v) is 7.35. The van der Waals surface area contributed by atoms with Crippen LogP contribution in [0.2, 0.25) is 0 Å². The fourth-order valence-electron chi connectivity index (χ4n) is 1.72. The van der Waals surface area contributed by atoms with E-state index in [1.54, 1.807) is 0 Å². The molecule has 1 rings (SSSR count). The molecule has 0 radical (unpaired) electrons. The van der Waals surface area contributed by atoms with Crippen molar-refractivity contribution in [3.63, 3.8) is 0 Å². The second-order valence-corrected chi connectivity index (χ2v) is 5.72. The van der Waals surface area contributed by atoms with Gasteiger partial charge in [-0.1, -0.05) is 0 Å². The van der Waals surface area contributed by atoms with Gasteiger partial charge in [-0.25, -0.2) is 0 Å². The van der Waals surface area contributed by atoms with Crippen LogP contribution < -0.4 is 5.32 Å². The van der Waals surface area contributed by atoms with Crippen LogP contribution in [0.5, 0.6) is 0 Å². The fourth-order valence-corrected chi connectivity index (χ4v) is 2.23. The number of hydrogen-bond donors (Lipinski definition) is 4. The highest BCUT2D eigenvalue weighted by molar-refractivity contribution is 7.85. The number of aliphatic hydroxyl groups is 2. The van der Waals surface area contributed by atoms with Gasteiger partial charge in [0.25, 0.3) is 10.1 Å². The summed E-state index contributed by atoms with van der Waals surface area (Å²) in [5, 5.41) is 21.3. The van der Waals surface area contributed by atoms with Gasteiger partial charge in [0, 0.05) is 12.8 Å². The van der Waals surface area contributed by atoms with Gasteiger partial charge in [-0.2, -0.15) is 8.42 Å². The molecular formula is C10H19NO6S. The number of ether oxygens (including phenoxy) is 1. The molecule has 2 atom stereocenters. The van der Waals surface area contributed by atoms with Crippen molar-refractivity contribution in [3.8, 4) is 0 Å². The maximum atomic E-state index is 10.5. The monoisotopic (exact) mass is 281 g/mol. The Morgan fingerprint density at radius 1 is 1.50 bits per heavy atom. The normalized spacial score (nSPS) is 27.2. The highest BCUT2D eigenvalue weighted by Gasteiger charge is 2.24. The first kappa shape index (κ1) is 15.4. The van der Waals surface area contributed by atoms with Crippen molar-refractivity contribution in [1.82, 2.24) is 5.32 Å². The third-order valence-electron chi connectivity index (χ3n) is 2.49. The molecule has 2 unspecified atom stereocenters. The summed E-state index contributed by atoms with van der Waals surface area (Å²) in [5.74, 6) is 0.206. The predicted molar refractivity (Wildman–Crippen MR) is 64.3 cm³/mol. The average Bonchev–Trinajstić information content (AvgIpc) is 2.23. The molecule has 7 nitrogen and oxygen atoms in total. The molecule has 0 aromatic carbocycles. The van der Waals surface area contributed by atoms with E-state index in [1.807, 2.05) is 0 Å². The lowest BCUT2D eigenvalue weighted by molar-refractivity contribution is -0.0160. The van der Waals surface area contributed by atoms with E-state index in [0.29, 0.717) is 25.1 Å². The first-order valence-electron chi connectivity index (χ1n) is 5.74. The van der Waals surface area contributed by atoms with Gasteiger partial charge in [-0.15, -0.1) is 0 Å². The Morgan fingerprint density at radius 2 is 2.22 bits per heavy atom. The molecule has 0 spiro atoms. The van der Waals surface area contributed by atoms with E-state index in [0.717, 1.165) is 0 Å². The van der Waals surface area contributed by atoms with Crippen molar-refractivity contribution >= 4 is 10.1 Å². The minimum absolute atomic E-state index is 0.155. The smallest absolute Gasteiger partial charge is 0.264 e. The van der Waals surface area contributed by atoms with Gasteiger partial charge in [0.2, 0.25) is 0 Å². The summed E-state index contributed by atoms with van der Waals surface area (Å²) in [6.07, 6.45) is 1.55. The summed E-state index contributed by atoms with van der Waals surface area (Å²) in [7, 11) is -3.93. The van der Waals surface area contributed by atoms with Gasteiger partial charge in [0.15, 0.2) is 6.23 Å². The van der Waals surface area contributed by atoms with Gasteiger partial charge in [-0.05, 0) is 19.0 Å². The number of nitrogens with one attached hydrogen (secondary N) is 1. The summed E-state index contributed by atoms with van der Waals surface area (Å²) in [6, 6.07) is 0. The number of rotatable bonds is 6. The highest BCUT2D eigenvalue weighted by atomic mass is 32.2. The van der Waals surface area contributed by atoms with Gasteiger partial charge < -0.3 is 14.9 Å². The maximum Gasteiger partial charge on any atom is 0.264 e. The van der Waals surface area contributed by atoms with E-state index in [9.17, 15) is 13.5 Å². The van der Waals surface area contributed by atoms with E-state index in [-0.39, 0.29) is 18.8 Å². The van der Waals surface area contributed by atoms with Crippen molar-refractivity contribution in [2.24, 2.45) is 0 Å². The Kier molecular flexibility index (Phi) is 6.03. The quantitative estimate of drug-likeness (QED) is 0.373. The minimum atomic E-state index is -3.93.